The van der Waals surface area contributed by atoms with Crippen LogP contribution in [0.5, 0.6) is 0 Å². The van der Waals surface area contributed by atoms with Gasteiger partial charge in [-0.3, -0.25) is 9.48 Å². The van der Waals surface area contributed by atoms with Crippen LogP contribution in [0.2, 0.25) is 0 Å². The molecule has 0 saturated heterocycles. The quantitative estimate of drug-likeness (QED) is 0.751. The molecular formula is C16H26N2O2. The zero-order valence-electron chi connectivity index (χ0n) is 12.7. The number of aryl methyl sites for hydroxylation is 2. The molecular weight excluding hydrogens is 252 g/mol. The SMILES string of the molecule is CCOC1(C(=O)CCc2cnn(C)c2)CCCCCC1. The molecule has 0 spiro atoms. The Bertz CT molecular complexity index is 431. The van der Waals surface area contributed by atoms with Crippen molar-refractivity contribution in [2.75, 3.05) is 6.61 Å². The van der Waals surface area contributed by atoms with Gasteiger partial charge in [0.25, 0.3) is 0 Å². The third-order valence-electron chi connectivity index (χ3n) is 4.24. The van der Waals surface area contributed by atoms with Crippen LogP contribution in [0, 0.1) is 0 Å². The topological polar surface area (TPSA) is 44.1 Å². The summed E-state index contributed by atoms with van der Waals surface area (Å²) in [4.78, 5) is 12.7. The van der Waals surface area contributed by atoms with Gasteiger partial charge >= 0.3 is 0 Å². The van der Waals surface area contributed by atoms with Crippen molar-refractivity contribution >= 4 is 5.78 Å². The highest BCUT2D eigenvalue weighted by atomic mass is 16.5. The first-order valence-corrected chi connectivity index (χ1v) is 7.81. The van der Waals surface area contributed by atoms with Crippen LogP contribution < -0.4 is 0 Å². The van der Waals surface area contributed by atoms with Crippen LogP contribution in [0.1, 0.15) is 57.4 Å². The lowest BCUT2D eigenvalue weighted by Gasteiger charge is -2.31. The van der Waals surface area contributed by atoms with Gasteiger partial charge in [-0.2, -0.15) is 5.10 Å². The van der Waals surface area contributed by atoms with Crippen molar-refractivity contribution in [1.82, 2.24) is 9.78 Å². The number of hydrogen-bond acceptors (Lipinski definition) is 3. The Morgan fingerprint density at radius 2 is 2.05 bits per heavy atom. The summed E-state index contributed by atoms with van der Waals surface area (Å²) in [5.41, 5.74) is 0.620. The number of hydrogen-bond donors (Lipinski definition) is 0. The fraction of sp³-hybridized carbons (Fsp3) is 0.750. The van der Waals surface area contributed by atoms with Crippen molar-refractivity contribution in [3.63, 3.8) is 0 Å². The van der Waals surface area contributed by atoms with Gasteiger partial charge in [0, 0.05) is 26.3 Å². The first kappa shape index (κ1) is 15.2. The number of ether oxygens (including phenoxy) is 1. The van der Waals surface area contributed by atoms with E-state index in [9.17, 15) is 4.79 Å². The van der Waals surface area contributed by atoms with E-state index in [1.807, 2.05) is 26.4 Å². The molecule has 2 rings (SSSR count). The molecule has 0 aromatic carbocycles. The van der Waals surface area contributed by atoms with E-state index in [2.05, 4.69) is 5.10 Å². The fourth-order valence-corrected chi connectivity index (χ4v) is 3.17. The number of nitrogens with zero attached hydrogens (tertiary/aromatic N) is 2. The summed E-state index contributed by atoms with van der Waals surface area (Å²) in [5.74, 6) is 0.283. The van der Waals surface area contributed by atoms with E-state index in [0.29, 0.717) is 13.0 Å². The average molecular weight is 278 g/mol. The van der Waals surface area contributed by atoms with Gasteiger partial charge in [-0.05, 0) is 31.7 Å². The maximum Gasteiger partial charge on any atom is 0.164 e. The van der Waals surface area contributed by atoms with Gasteiger partial charge in [-0.15, -0.1) is 0 Å². The van der Waals surface area contributed by atoms with E-state index in [1.165, 1.54) is 12.8 Å². The predicted octanol–water partition coefficient (Wildman–Crippen LogP) is 3.05. The number of Topliss-reactive ketones (excluding diaryl/α,β-unsaturated/α-hetero) is 1. The van der Waals surface area contributed by atoms with Crippen molar-refractivity contribution in [3.8, 4) is 0 Å². The Balaban J connectivity index is 1.98. The standard InChI is InChI=1S/C16H26N2O2/c1-3-20-16(10-6-4-5-7-11-16)15(19)9-8-14-12-17-18(2)13-14/h12-13H,3-11H2,1-2H3. The number of carbonyl (C=O) groups is 1. The molecule has 4 heteroatoms. The van der Waals surface area contributed by atoms with Gasteiger partial charge in [0.1, 0.15) is 5.60 Å². The van der Waals surface area contributed by atoms with Gasteiger partial charge < -0.3 is 4.74 Å². The molecule has 0 atom stereocenters. The molecule has 20 heavy (non-hydrogen) atoms. The molecule has 0 bridgehead atoms. The van der Waals surface area contributed by atoms with Crippen LogP contribution >= 0.6 is 0 Å². The zero-order valence-corrected chi connectivity index (χ0v) is 12.7. The van der Waals surface area contributed by atoms with Crippen LogP contribution in [-0.4, -0.2) is 27.8 Å². The highest BCUT2D eigenvalue weighted by Gasteiger charge is 2.38. The number of carbonyl (C=O) groups excluding carboxylic acids is 1. The highest BCUT2D eigenvalue weighted by Crippen LogP contribution is 2.32. The summed E-state index contributed by atoms with van der Waals surface area (Å²) in [7, 11) is 1.90. The first-order chi connectivity index (χ1) is 9.66. The molecule has 4 nitrogen and oxygen atoms in total. The Kier molecular flexibility index (Phi) is 5.35. The normalized spacial score (nSPS) is 18.7. The molecule has 112 valence electrons. The molecule has 0 aliphatic heterocycles. The molecule has 0 unspecified atom stereocenters. The Labute approximate surface area is 121 Å². The monoisotopic (exact) mass is 278 g/mol. The lowest BCUT2D eigenvalue weighted by Crippen LogP contribution is -2.41. The highest BCUT2D eigenvalue weighted by molar-refractivity contribution is 5.87. The molecule has 1 aliphatic rings. The van der Waals surface area contributed by atoms with Gasteiger partial charge in [-0.1, -0.05) is 25.7 Å². The molecule has 0 N–H and O–H groups in total. The van der Waals surface area contributed by atoms with E-state index < -0.39 is 5.60 Å². The predicted molar refractivity (Wildman–Crippen MR) is 78.6 cm³/mol. The third kappa shape index (κ3) is 3.69. The van der Waals surface area contributed by atoms with Crippen LogP contribution in [0.15, 0.2) is 12.4 Å². The second-order valence-corrected chi connectivity index (χ2v) is 5.79. The summed E-state index contributed by atoms with van der Waals surface area (Å²) in [5, 5.41) is 4.15. The molecule has 1 aliphatic carbocycles. The van der Waals surface area contributed by atoms with Gasteiger partial charge in [0.2, 0.25) is 0 Å². The Morgan fingerprint density at radius 1 is 1.35 bits per heavy atom. The van der Waals surface area contributed by atoms with Crippen molar-refractivity contribution < 1.29 is 9.53 Å². The van der Waals surface area contributed by atoms with E-state index >= 15 is 0 Å². The van der Waals surface area contributed by atoms with Crippen molar-refractivity contribution in [2.24, 2.45) is 7.05 Å². The van der Waals surface area contributed by atoms with Crippen molar-refractivity contribution in [2.45, 2.75) is 63.9 Å². The molecule has 0 amide bonds. The molecule has 1 fully saturated rings. The van der Waals surface area contributed by atoms with Crippen LogP contribution in [-0.2, 0) is 23.0 Å². The molecule has 1 saturated carbocycles. The number of ketones is 1. The lowest BCUT2D eigenvalue weighted by molar-refractivity contribution is -0.146. The molecule has 1 aromatic rings. The number of aromatic nitrogens is 2. The largest absolute Gasteiger partial charge is 0.368 e. The minimum absolute atomic E-state index is 0.283. The third-order valence-corrected chi connectivity index (χ3v) is 4.24. The van der Waals surface area contributed by atoms with Gasteiger partial charge in [0.05, 0.1) is 6.20 Å². The minimum Gasteiger partial charge on any atom is -0.368 e. The van der Waals surface area contributed by atoms with E-state index in [4.69, 9.17) is 4.74 Å². The summed E-state index contributed by atoms with van der Waals surface area (Å²) in [6.07, 6.45) is 11.6. The Morgan fingerprint density at radius 3 is 2.60 bits per heavy atom. The minimum atomic E-state index is -0.506. The van der Waals surface area contributed by atoms with E-state index in [-0.39, 0.29) is 5.78 Å². The Hall–Kier alpha value is -1.16. The summed E-state index contributed by atoms with van der Waals surface area (Å²) < 4.78 is 7.72. The van der Waals surface area contributed by atoms with Crippen LogP contribution in [0.4, 0.5) is 0 Å². The number of rotatable bonds is 6. The van der Waals surface area contributed by atoms with E-state index in [0.717, 1.165) is 37.7 Å². The second-order valence-electron chi connectivity index (χ2n) is 5.79. The fourth-order valence-electron chi connectivity index (χ4n) is 3.17. The summed E-state index contributed by atoms with van der Waals surface area (Å²) in [6, 6.07) is 0. The van der Waals surface area contributed by atoms with Crippen molar-refractivity contribution in [3.05, 3.63) is 18.0 Å². The molecule has 1 aromatic heterocycles. The second kappa shape index (κ2) is 7.02. The molecule has 0 radical (unpaired) electrons. The lowest BCUT2D eigenvalue weighted by atomic mass is 9.86. The maximum absolute atomic E-state index is 12.7. The van der Waals surface area contributed by atoms with Crippen molar-refractivity contribution in [1.29, 1.82) is 0 Å². The molecule has 1 heterocycles. The smallest absolute Gasteiger partial charge is 0.164 e. The zero-order chi connectivity index (χ0) is 14.4. The van der Waals surface area contributed by atoms with E-state index in [1.54, 1.807) is 4.68 Å². The maximum atomic E-state index is 12.7. The average Bonchev–Trinajstić information content (AvgIpc) is 2.71. The first-order valence-electron chi connectivity index (χ1n) is 7.81. The van der Waals surface area contributed by atoms with Gasteiger partial charge in [0.15, 0.2) is 5.78 Å². The summed E-state index contributed by atoms with van der Waals surface area (Å²) >= 11 is 0. The summed E-state index contributed by atoms with van der Waals surface area (Å²) in [6.45, 7) is 2.61. The van der Waals surface area contributed by atoms with Gasteiger partial charge in [-0.25, -0.2) is 0 Å². The van der Waals surface area contributed by atoms with Crippen LogP contribution in [0.3, 0.4) is 0 Å². The van der Waals surface area contributed by atoms with Crippen LogP contribution in [0.25, 0.3) is 0 Å².